The largest absolute Gasteiger partial charge is 0.496 e. The fourth-order valence-corrected chi connectivity index (χ4v) is 3.61. The van der Waals surface area contributed by atoms with Gasteiger partial charge in [0.2, 0.25) is 0 Å². The van der Waals surface area contributed by atoms with E-state index < -0.39 is 5.97 Å². The predicted molar refractivity (Wildman–Crippen MR) is 119 cm³/mol. The lowest BCUT2D eigenvalue weighted by molar-refractivity contribution is -0.128. The number of ether oxygens (including phenoxy) is 2. The molecule has 0 spiro atoms. The standard InChI is InChI=1S/C24H16BrNO5/c1-30-21-12-7-16(25)14-15(21)6-13-22(27)31-18-10-8-17(9-11-18)26-23(28)19-4-2-3-5-20(19)24(26)29/h2-14H,1H3/b13-6+. The third-order valence-electron chi connectivity index (χ3n) is 4.70. The van der Waals surface area contributed by atoms with Crippen molar-refractivity contribution in [2.45, 2.75) is 0 Å². The van der Waals surface area contributed by atoms with Crippen LogP contribution < -0.4 is 14.4 Å². The molecule has 0 saturated heterocycles. The molecule has 0 bridgehead atoms. The van der Waals surface area contributed by atoms with E-state index in [0.717, 1.165) is 14.9 Å². The molecule has 0 unspecified atom stereocenters. The number of benzene rings is 3. The second-order valence-electron chi connectivity index (χ2n) is 6.63. The van der Waals surface area contributed by atoms with Crippen LogP contribution in [0.2, 0.25) is 0 Å². The second-order valence-corrected chi connectivity index (χ2v) is 7.54. The van der Waals surface area contributed by atoms with Crippen molar-refractivity contribution in [3.63, 3.8) is 0 Å². The van der Waals surface area contributed by atoms with Gasteiger partial charge in [-0.15, -0.1) is 0 Å². The Labute approximate surface area is 186 Å². The van der Waals surface area contributed by atoms with E-state index in [1.807, 2.05) is 12.1 Å². The SMILES string of the molecule is COc1ccc(Br)cc1/C=C/C(=O)Oc1ccc(N2C(=O)c3ccccc3C2=O)cc1. The Hall–Kier alpha value is -3.71. The Morgan fingerprint density at radius 3 is 2.19 bits per heavy atom. The smallest absolute Gasteiger partial charge is 0.336 e. The summed E-state index contributed by atoms with van der Waals surface area (Å²) in [6, 6.07) is 18.3. The summed E-state index contributed by atoms with van der Waals surface area (Å²) in [4.78, 5) is 38.4. The van der Waals surface area contributed by atoms with Crippen molar-refractivity contribution in [3.8, 4) is 11.5 Å². The Kier molecular flexibility index (Phi) is 5.68. The number of anilines is 1. The first-order valence-corrected chi connectivity index (χ1v) is 10.1. The minimum Gasteiger partial charge on any atom is -0.496 e. The van der Waals surface area contributed by atoms with E-state index >= 15 is 0 Å². The summed E-state index contributed by atoms with van der Waals surface area (Å²) in [5, 5.41) is 0. The van der Waals surface area contributed by atoms with Crippen molar-refractivity contribution >= 4 is 45.5 Å². The molecule has 7 heteroatoms. The number of halogens is 1. The monoisotopic (exact) mass is 477 g/mol. The molecular formula is C24H16BrNO5. The molecular weight excluding hydrogens is 462 g/mol. The molecule has 0 radical (unpaired) electrons. The molecule has 3 aromatic rings. The molecule has 0 N–H and O–H groups in total. The van der Waals surface area contributed by atoms with E-state index in [9.17, 15) is 14.4 Å². The van der Waals surface area contributed by atoms with Crippen LogP contribution in [0, 0.1) is 0 Å². The number of fused-ring (bicyclic) bond motifs is 1. The number of hydrogen-bond donors (Lipinski definition) is 0. The Bertz CT molecular complexity index is 1180. The lowest BCUT2D eigenvalue weighted by Crippen LogP contribution is -2.29. The molecule has 0 aliphatic carbocycles. The number of imide groups is 1. The van der Waals surface area contributed by atoms with Crippen LogP contribution in [0.1, 0.15) is 26.3 Å². The number of carbonyl (C=O) groups excluding carboxylic acids is 3. The highest BCUT2D eigenvalue weighted by molar-refractivity contribution is 9.10. The molecule has 0 fully saturated rings. The number of amides is 2. The molecule has 0 atom stereocenters. The van der Waals surface area contributed by atoms with E-state index in [-0.39, 0.29) is 17.6 Å². The summed E-state index contributed by atoms with van der Waals surface area (Å²) in [5.74, 6) is -0.420. The van der Waals surface area contributed by atoms with Crippen LogP contribution in [0.25, 0.3) is 6.08 Å². The normalized spacial score (nSPS) is 12.9. The van der Waals surface area contributed by atoms with Crippen molar-refractivity contribution in [3.05, 3.63) is 94.0 Å². The van der Waals surface area contributed by atoms with Crippen molar-refractivity contribution in [1.29, 1.82) is 0 Å². The topological polar surface area (TPSA) is 72.9 Å². The van der Waals surface area contributed by atoms with Gasteiger partial charge >= 0.3 is 5.97 Å². The Morgan fingerprint density at radius 1 is 0.935 bits per heavy atom. The van der Waals surface area contributed by atoms with Gasteiger partial charge in [0.15, 0.2) is 0 Å². The van der Waals surface area contributed by atoms with Crippen LogP contribution in [0.15, 0.2) is 77.3 Å². The summed E-state index contributed by atoms with van der Waals surface area (Å²) in [6.45, 7) is 0. The molecule has 6 nitrogen and oxygen atoms in total. The lowest BCUT2D eigenvalue weighted by Gasteiger charge is -2.14. The second kappa shape index (κ2) is 8.57. The predicted octanol–water partition coefficient (Wildman–Crippen LogP) is 4.88. The van der Waals surface area contributed by atoms with E-state index in [4.69, 9.17) is 9.47 Å². The molecule has 1 aliphatic rings. The van der Waals surface area contributed by atoms with E-state index in [0.29, 0.717) is 22.6 Å². The molecule has 4 rings (SSSR count). The first-order valence-electron chi connectivity index (χ1n) is 9.29. The minimum absolute atomic E-state index is 0.288. The summed E-state index contributed by atoms with van der Waals surface area (Å²) < 4.78 is 11.4. The van der Waals surface area contributed by atoms with Crippen LogP contribution in [-0.4, -0.2) is 24.9 Å². The third-order valence-corrected chi connectivity index (χ3v) is 5.19. The summed E-state index contributed by atoms with van der Waals surface area (Å²) in [6.07, 6.45) is 2.89. The van der Waals surface area contributed by atoms with E-state index in [2.05, 4.69) is 15.9 Å². The zero-order valence-electron chi connectivity index (χ0n) is 16.4. The molecule has 0 aromatic heterocycles. The minimum atomic E-state index is -0.574. The highest BCUT2D eigenvalue weighted by Crippen LogP contribution is 2.29. The summed E-state index contributed by atoms with van der Waals surface area (Å²) in [5.41, 5.74) is 1.86. The average molecular weight is 478 g/mol. The van der Waals surface area contributed by atoms with Crippen molar-refractivity contribution in [2.75, 3.05) is 12.0 Å². The maximum atomic E-state index is 12.6. The van der Waals surface area contributed by atoms with Crippen LogP contribution >= 0.6 is 15.9 Å². The van der Waals surface area contributed by atoms with Gasteiger partial charge < -0.3 is 9.47 Å². The summed E-state index contributed by atoms with van der Waals surface area (Å²) >= 11 is 3.38. The van der Waals surface area contributed by atoms with Gasteiger partial charge in [0.25, 0.3) is 11.8 Å². The Morgan fingerprint density at radius 2 is 1.58 bits per heavy atom. The molecule has 31 heavy (non-hydrogen) atoms. The molecule has 1 heterocycles. The van der Waals surface area contributed by atoms with Gasteiger partial charge in [0.1, 0.15) is 11.5 Å². The summed E-state index contributed by atoms with van der Waals surface area (Å²) in [7, 11) is 1.55. The van der Waals surface area contributed by atoms with Crippen molar-refractivity contribution in [2.24, 2.45) is 0 Å². The first-order chi connectivity index (χ1) is 15.0. The van der Waals surface area contributed by atoms with Crippen LogP contribution in [0.5, 0.6) is 11.5 Å². The third kappa shape index (κ3) is 4.13. The molecule has 2 amide bonds. The van der Waals surface area contributed by atoms with E-state index in [1.165, 1.54) is 18.2 Å². The van der Waals surface area contributed by atoms with Gasteiger partial charge in [-0.1, -0.05) is 28.1 Å². The van der Waals surface area contributed by atoms with E-state index in [1.54, 1.807) is 55.7 Å². The first kappa shape index (κ1) is 20.6. The van der Waals surface area contributed by atoms with Crippen molar-refractivity contribution in [1.82, 2.24) is 0 Å². The number of nitrogens with zero attached hydrogens (tertiary/aromatic N) is 1. The molecule has 3 aromatic carbocycles. The zero-order chi connectivity index (χ0) is 22.0. The Balaban J connectivity index is 1.46. The van der Waals surface area contributed by atoms with Crippen LogP contribution in [-0.2, 0) is 4.79 Å². The van der Waals surface area contributed by atoms with Crippen molar-refractivity contribution < 1.29 is 23.9 Å². The lowest BCUT2D eigenvalue weighted by atomic mass is 10.1. The number of methoxy groups -OCH3 is 1. The highest BCUT2D eigenvalue weighted by atomic mass is 79.9. The molecule has 154 valence electrons. The maximum Gasteiger partial charge on any atom is 0.336 e. The fourth-order valence-electron chi connectivity index (χ4n) is 3.23. The average Bonchev–Trinajstić information content (AvgIpc) is 3.03. The number of esters is 1. The fraction of sp³-hybridized carbons (Fsp3) is 0.0417. The number of carbonyl (C=O) groups is 3. The quantitative estimate of drug-likeness (QED) is 0.226. The van der Waals surface area contributed by atoms with Gasteiger partial charge in [-0.25, -0.2) is 9.69 Å². The number of rotatable bonds is 5. The highest BCUT2D eigenvalue weighted by Gasteiger charge is 2.36. The van der Waals surface area contributed by atoms with Gasteiger partial charge in [-0.2, -0.15) is 0 Å². The maximum absolute atomic E-state index is 12.6. The number of hydrogen-bond acceptors (Lipinski definition) is 5. The van der Waals surface area contributed by atoms with Gasteiger partial charge in [0, 0.05) is 16.1 Å². The van der Waals surface area contributed by atoms with Crippen LogP contribution in [0.3, 0.4) is 0 Å². The van der Waals surface area contributed by atoms with Gasteiger partial charge in [-0.05, 0) is 60.7 Å². The van der Waals surface area contributed by atoms with Gasteiger partial charge in [0.05, 0.1) is 23.9 Å². The zero-order valence-corrected chi connectivity index (χ0v) is 18.0. The van der Waals surface area contributed by atoms with Crippen LogP contribution in [0.4, 0.5) is 5.69 Å². The molecule has 1 aliphatic heterocycles. The van der Waals surface area contributed by atoms with Gasteiger partial charge in [-0.3, -0.25) is 9.59 Å². The molecule has 0 saturated carbocycles.